The Morgan fingerprint density at radius 2 is 1.96 bits per heavy atom. The summed E-state index contributed by atoms with van der Waals surface area (Å²) >= 11 is 1.10. The quantitative estimate of drug-likeness (QED) is 0.616. The van der Waals surface area contributed by atoms with Crippen LogP contribution in [-0.4, -0.2) is 27.6 Å². The van der Waals surface area contributed by atoms with Gasteiger partial charge >= 0.3 is 6.18 Å². The number of aromatic hydroxyl groups is 1. The number of rotatable bonds is 4. The number of alkyl halides is 3. The molecule has 2 N–H and O–H groups in total. The van der Waals surface area contributed by atoms with Crippen LogP contribution in [-0.2, 0) is 17.4 Å². The fourth-order valence-electron chi connectivity index (χ4n) is 2.42. The first-order chi connectivity index (χ1) is 12.8. The van der Waals surface area contributed by atoms with Gasteiger partial charge in [-0.05, 0) is 30.2 Å². The topological polar surface area (TPSA) is 74.0 Å². The summed E-state index contributed by atoms with van der Waals surface area (Å²) in [6, 6.07) is 11.5. The van der Waals surface area contributed by atoms with Crippen LogP contribution in [0.2, 0.25) is 0 Å². The molecule has 0 unspecified atom stereocenters. The van der Waals surface area contributed by atoms with Crippen LogP contribution in [0.5, 0.6) is 5.75 Å². The fourth-order valence-corrected chi connectivity index (χ4v) is 3.38. The smallest absolute Gasteiger partial charge is 0.416 e. The van der Waals surface area contributed by atoms with E-state index in [9.17, 15) is 23.1 Å². The number of thioether (sulfide) groups is 1. The molecule has 1 amide bonds. The fraction of sp³-hybridized carbons (Fsp3) is 0.167. The van der Waals surface area contributed by atoms with Crippen molar-refractivity contribution in [3.05, 3.63) is 65.2 Å². The van der Waals surface area contributed by atoms with E-state index in [-0.39, 0.29) is 23.2 Å². The van der Waals surface area contributed by atoms with Crippen LogP contribution in [0.15, 0.2) is 58.7 Å². The van der Waals surface area contributed by atoms with Crippen molar-refractivity contribution in [2.75, 3.05) is 0 Å². The third-order valence-electron chi connectivity index (χ3n) is 3.73. The second-order valence-electron chi connectivity index (χ2n) is 5.71. The van der Waals surface area contributed by atoms with Crippen LogP contribution >= 0.6 is 11.8 Å². The number of hydrogen-bond acceptors (Lipinski definition) is 5. The minimum absolute atomic E-state index is 0.0481. The lowest BCUT2D eigenvalue weighted by molar-refractivity contribution is -0.137. The Kier molecular flexibility index (Phi) is 5.50. The van der Waals surface area contributed by atoms with E-state index in [1.54, 1.807) is 24.3 Å². The predicted octanol–water partition coefficient (Wildman–Crippen LogP) is 3.58. The minimum atomic E-state index is -4.43. The molecule has 0 aromatic heterocycles. The lowest BCUT2D eigenvalue weighted by Gasteiger charge is -2.10. The van der Waals surface area contributed by atoms with Crippen molar-refractivity contribution in [1.29, 1.82) is 0 Å². The SMILES string of the molecule is O=C1N/C(=N/N=C\c2ccccc2O)S[C@H]1Cc1cccc(C(F)(F)F)c1. The summed E-state index contributed by atoms with van der Waals surface area (Å²) < 4.78 is 38.4. The molecule has 1 atom stereocenters. The maximum atomic E-state index is 12.8. The Morgan fingerprint density at radius 1 is 1.19 bits per heavy atom. The molecule has 9 heteroatoms. The molecule has 27 heavy (non-hydrogen) atoms. The minimum Gasteiger partial charge on any atom is -0.507 e. The number of benzene rings is 2. The van der Waals surface area contributed by atoms with Gasteiger partial charge in [0.05, 0.1) is 17.0 Å². The van der Waals surface area contributed by atoms with E-state index < -0.39 is 17.0 Å². The van der Waals surface area contributed by atoms with Gasteiger partial charge in [0.1, 0.15) is 5.75 Å². The van der Waals surface area contributed by atoms with Crippen LogP contribution < -0.4 is 5.32 Å². The summed E-state index contributed by atoms with van der Waals surface area (Å²) in [7, 11) is 0. The molecule has 2 aromatic carbocycles. The zero-order chi connectivity index (χ0) is 19.4. The van der Waals surface area contributed by atoms with Crippen LogP contribution in [0.25, 0.3) is 0 Å². The number of halogens is 3. The van der Waals surface area contributed by atoms with Gasteiger partial charge in [-0.15, -0.1) is 5.10 Å². The highest BCUT2D eigenvalue weighted by molar-refractivity contribution is 8.15. The lowest BCUT2D eigenvalue weighted by atomic mass is 10.1. The Bertz CT molecular complexity index is 913. The summed E-state index contributed by atoms with van der Waals surface area (Å²) in [5.41, 5.74) is 0.137. The van der Waals surface area contributed by atoms with E-state index in [0.29, 0.717) is 11.1 Å². The van der Waals surface area contributed by atoms with E-state index in [1.807, 2.05) is 0 Å². The first-order valence-corrected chi connectivity index (χ1v) is 8.73. The average molecular weight is 393 g/mol. The van der Waals surface area contributed by atoms with E-state index in [1.165, 1.54) is 18.3 Å². The van der Waals surface area contributed by atoms with Crippen molar-refractivity contribution >= 4 is 29.1 Å². The number of hydrogen-bond donors (Lipinski definition) is 2. The highest BCUT2D eigenvalue weighted by atomic mass is 32.2. The van der Waals surface area contributed by atoms with Crippen molar-refractivity contribution in [1.82, 2.24) is 5.32 Å². The largest absolute Gasteiger partial charge is 0.507 e. The van der Waals surface area contributed by atoms with Crippen molar-refractivity contribution in [3.63, 3.8) is 0 Å². The Morgan fingerprint density at radius 3 is 2.70 bits per heavy atom. The molecule has 1 fully saturated rings. The van der Waals surface area contributed by atoms with Crippen molar-refractivity contribution in [3.8, 4) is 5.75 Å². The normalized spacial score (nSPS) is 19.0. The predicted molar refractivity (Wildman–Crippen MR) is 97.8 cm³/mol. The van der Waals surface area contributed by atoms with Gasteiger partial charge in [0.2, 0.25) is 5.91 Å². The number of para-hydroxylation sites is 1. The summed E-state index contributed by atoms with van der Waals surface area (Å²) in [5.74, 6) is -0.291. The first kappa shape index (κ1) is 19.0. The van der Waals surface area contributed by atoms with Gasteiger partial charge in [-0.1, -0.05) is 42.1 Å². The zero-order valence-electron chi connectivity index (χ0n) is 13.8. The Hall–Kier alpha value is -2.81. The number of nitrogens with one attached hydrogen (secondary N) is 1. The third kappa shape index (κ3) is 4.88. The lowest BCUT2D eigenvalue weighted by Crippen LogP contribution is -2.26. The highest BCUT2D eigenvalue weighted by Gasteiger charge is 2.33. The molecule has 1 heterocycles. The Labute approximate surface area is 157 Å². The van der Waals surface area contributed by atoms with E-state index in [4.69, 9.17) is 0 Å². The van der Waals surface area contributed by atoms with Crippen LogP contribution in [0.3, 0.4) is 0 Å². The second kappa shape index (κ2) is 7.83. The number of nitrogens with zero attached hydrogens (tertiary/aromatic N) is 2. The third-order valence-corrected chi connectivity index (χ3v) is 4.81. The number of phenols is 1. The van der Waals surface area contributed by atoms with E-state index >= 15 is 0 Å². The first-order valence-electron chi connectivity index (χ1n) is 7.85. The molecular weight excluding hydrogens is 379 g/mol. The molecule has 2 aromatic rings. The standard InChI is InChI=1S/C18H14F3N3O2S/c19-18(20,21)13-6-3-4-11(8-13)9-15-16(26)23-17(27-15)24-22-10-12-5-1-2-7-14(12)25/h1-8,10,15,25H,9H2,(H,23,24,26)/b22-10-/t15-/m0/s1. The number of carbonyl (C=O) groups is 1. The number of phenolic OH excluding ortho intramolecular Hbond substituents is 1. The molecule has 140 valence electrons. The van der Waals surface area contributed by atoms with Gasteiger partial charge in [0.25, 0.3) is 0 Å². The van der Waals surface area contributed by atoms with Gasteiger partial charge < -0.3 is 10.4 Å². The zero-order valence-corrected chi connectivity index (χ0v) is 14.6. The molecule has 1 aliphatic rings. The van der Waals surface area contributed by atoms with Crippen LogP contribution in [0, 0.1) is 0 Å². The Balaban J connectivity index is 1.66. The average Bonchev–Trinajstić information content (AvgIpc) is 2.96. The summed E-state index contributed by atoms with van der Waals surface area (Å²) in [6.45, 7) is 0. The monoisotopic (exact) mass is 393 g/mol. The van der Waals surface area contributed by atoms with Gasteiger partial charge in [0, 0.05) is 5.56 Å². The molecule has 1 aliphatic heterocycles. The molecular formula is C18H14F3N3O2S. The molecule has 1 saturated heterocycles. The van der Waals surface area contributed by atoms with Gasteiger partial charge in [0.15, 0.2) is 5.17 Å². The number of carbonyl (C=O) groups excluding carboxylic acids is 1. The number of amides is 1. The molecule has 3 rings (SSSR count). The van der Waals surface area contributed by atoms with Crippen molar-refractivity contribution in [2.45, 2.75) is 17.8 Å². The summed E-state index contributed by atoms with van der Waals surface area (Å²) in [5, 5.41) is 19.6. The molecule has 0 spiro atoms. The summed E-state index contributed by atoms with van der Waals surface area (Å²) in [6.07, 6.45) is -2.94. The molecule has 0 saturated carbocycles. The van der Waals surface area contributed by atoms with E-state index in [2.05, 4.69) is 15.5 Å². The number of amidine groups is 1. The molecule has 0 radical (unpaired) electrons. The highest BCUT2D eigenvalue weighted by Crippen LogP contribution is 2.31. The second-order valence-corrected chi connectivity index (χ2v) is 6.90. The molecule has 0 bridgehead atoms. The maximum Gasteiger partial charge on any atom is 0.416 e. The van der Waals surface area contributed by atoms with Crippen molar-refractivity contribution < 1.29 is 23.1 Å². The van der Waals surface area contributed by atoms with Gasteiger partial charge in [-0.2, -0.15) is 18.3 Å². The van der Waals surface area contributed by atoms with Gasteiger partial charge in [-0.3, -0.25) is 4.79 Å². The van der Waals surface area contributed by atoms with E-state index in [0.717, 1.165) is 23.9 Å². The maximum absolute atomic E-state index is 12.8. The van der Waals surface area contributed by atoms with Crippen LogP contribution in [0.1, 0.15) is 16.7 Å². The van der Waals surface area contributed by atoms with Crippen LogP contribution in [0.4, 0.5) is 13.2 Å². The molecule has 0 aliphatic carbocycles. The van der Waals surface area contributed by atoms with Crippen molar-refractivity contribution in [2.24, 2.45) is 10.2 Å². The van der Waals surface area contributed by atoms with Gasteiger partial charge in [-0.25, -0.2) is 0 Å². The molecule has 5 nitrogen and oxygen atoms in total. The summed E-state index contributed by atoms with van der Waals surface area (Å²) in [4.78, 5) is 12.0.